The van der Waals surface area contributed by atoms with E-state index in [2.05, 4.69) is 25.5 Å². The average Bonchev–Trinajstić information content (AvgIpc) is 3.51. The molecule has 3 amide bonds. The van der Waals surface area contributed by atoms with E-state index >= 15 is 0 Å². The summed E-state index contributed by atoms with van der Waals surface area (Å²) in [5.74, 6) is -0.341. The summed E-state index contributed by atoms with van der Waals surface area (Å²) in [5, 5.41) is 6.34. The molecule has 0 atom stereocenters. The Balaban J connectivity index is 1.29. The van der Waals surface area contributed by atoms with Crippen molar-refractivity contribution in [2.75, 3.05) is 28.6 Å². The summed E-state index contributed by atoms with van der Waals surface area (Å²) < 4.78 is 13.8. The number of halogens is 1. The molecule has 0 radical (unpaired) electrons. The zero-order valence-corrected chi connectivity index (χ0v) is 20.4. The predicted octanol–water partition coefficient (Wildman–Crippen LogP) is 5.67. The predicted molar refractivity (Wildman–Crippen MR) is 139 cm³/mol. The molecule has 1 saturated heterocycles. The molecule has 0 unspecified atom stereocenters. The number of anilines is 4. The summed E-state index contributed by atoms with van der Waals surface area (Å²) in [6, 6.07) is 11.8. The maximum atomic E-state index is 13.8. The van der Waals surface area contributed by atoms with Crippen LogP contribution in [0.2, 0.25) is 0 Å². The molecule has 2 aliphatic rings. The highest BCUT2D eigenvalue weighted by Gasteiger charge is 2.34. The van der Waals surface area contributed by atoms with Gasteiger partial charge in [0.25, 0.3) is 5.91 Å². The van der Waals surface area contributed by atoms with Gasteiger partial charge in [0.05, 0.1) is 16.8 Å². The smallest absolute Gasteiger partial charge is 0.321 e. The van der Waals surface area contributed by atoms with E-state index in [0.29, 0.717) is 43.5 Å². The molecular formula is C26H23FN6O2S. The molecule has 4 aromatic rings. The van der Waals surface area contributed by atoms with Crippen molar-refractivity contribution < 1.29 is 14.0 Å². The van der Waals surface area contributed by atoms with E-state index in [4.69, 9.17) is 0 Å². The second-order valence-corrected chi connectivity index (χ2v) is 10.0. The standard InChI is InChI=1S/C26H23FN6O2S/c1-15-12-18(8-9-19(15)27)33-23-20-21(31-26(33)35)22(36-25(20)29-14-28-23)24(34)30-17-6-4-16(5-7-17)13-32-10-2-3-11-32/h4-9,12,14H,2-3,10-11,13H2,1H3,(H,30,34)(H,31,35). The first-order chi connectivity index (χ1) is 17.5. The Labute approximate surface area is 210 Å². The van der Waals surface area contributed by atoms with Crippen LogP contribution in [0.3, 0.4) is 0 Å². The van der Waals surface area contributed by atoms with Gasteiger partial charge in [0.15, 0.2) is 5.82 Å². The van der Waals surface area contributed by atoms with E-state index in [0.717, 1.165) is 19.6 Å². The number of nitrogens with zero attached hydrogens (tertiary/aromatic N) is 4. The number of urea groups is 1. The molecular weight excluding hydrogens is 479 g/mol. The van der Waals surface area contributed by atoms with Crippen molar-refractivity contribution in [3.8, 4) is 0 Å². The normalized spacial score (nSPS) is 15.4. The third kappa shape index (κ3) is 3.98. The number of thiophene rings is 1. The molecule has 10 heteroatoms. The highest BCUT2D eigenvalue weighted by Crippen LogP contribution is 2.44. The van der Waals surface area contributed by atoms with Gasteiger partial charge < -0.3 is 10.6 Å². The largest absolute Gasteiger partial charge is 0.332 e. The van der Waals surface area contributed by atoms with Crippen LogP contribution in [0.25, 0.3) is 10.2 Å². The first kappa shape index (κ1) is 22.6. The molecule has 0 bridgehead atoms. The SMILES string of the molecule is Cc1cc(N2C(=O)Nc3c(C(=O)Nc4ccc(CN5CCCC5)cc4)sc4ncnc2c34)ccc1F. The molecule has 2 aromatic heterocycles. The topological polar surface area (TPSA) is 90.5 Å². The van der Waals surface area contributed by atoms with Crippen molar-refractivity contribution in [1.82, 2.24) is 14.9 Å². The van der Waals surface area contributed by atoms with Crippen molar-refractivity contribution in [2.24, 2.45) is 0 Å². The maximum Gasteiger partial charge on any atom is 0.332 e. The van der Waals surface area contributed by atoms with Crippen molar-refractivity contribution in [3.63, 3.8) is 0 Å². The maximum absolute atomic E-state index is 13.8. The summed E-state index contributed by atoms with van der Waals surface area (Å²) >= 11 is 1.19. The Morgan fingerprint density at radius 2 is 1.92 bits per heavy atom. The number of benzene rings is 2. The number of rotatable bonds is 5. The van der Waals surface area contributed by atoms with Crippen LogP contribution in [-0.2, 0) is 6.54 Å². The van der Waals surface area contributed by atoms with E-state index in [1.165, 1.54) is 53.1 Å². The fraction of sp³-hybridized carbons (Fsp3) is 0.231. The van der Waals surface area contributed by atoms with Gasteiger partial charge in [-0.2, -0.15) is 0 Å². The Morgan fingerprint density at radius 3 is 2.67 bits per heavy atom. The third-order valence-corrected chi connectivity index (χ3v) is 7.63. The zero-order valence-electron chi connectivity index (χ0n) is 19.5. The zero-order chi connectivity index (χ0) is 24.8. The lowest BCUT2D eigenvalue weighted by molar-refractivity contribution is 0.103. The number of hydrogen-bond acceptors (Lipinski definition) is 6. The minimum absolute atomic E-state index is 0.336. The molecule has 2 aromatic carbocycles. The van der Waals surface area contributed by atoms with Crippen LogP contribution in [-0.4, -0.2) is 39.9 Å². The fourth-order valence-electron chi connectivity index (χ4n) is 4.71. The minimum Gasteiger partial charge on any atom is -0.321 e. The number of amides is 3. The van der Waals surface area contributed by atoms with Gasteiger partial charge in [0.1, 0.15) is 21.9 Å². The van der Waals surface area contributed by atoms with Crippen molar-refractivity contribution in [1.29, 1.82) is 0 Å². The third-order valence-electron chi connectivity index (χ3n) is 6.54. The quantitative estimate of drug-likeness (QED) is 0.367. The summed E-state index contributed by atoms with van der Waals surface area (Å²) in [6.45, 7) is 4.80. The highest BCUT2D eigenvalue weighted by atomic mass is 32.1. The van der Waals surface area contributed by atoms with Crippen LogP contribution in [0, 0.1) is 12.7 Å². The number of carbonyl (C=O) groups is 2. The number of hydrogen-bond donors (Lipinski definition) is 2. The molecule has 2 aliphatic heterocycles. The highest BCUT2D eigenvalue weighted by molar-refractivity contribution is 7.21. The molecule has 0 saturated carbocycles. The van der Waals surface area contributed by atoms with Crippen LogP contribution < -0.4 is 15.5 Å². The second-order valence-electron chi connectivity index (χ2n) is 9.02. The Kier molecular flexibility index (Phi) is 5.62. The first-order valence-electron chi connectivity index (χ1n) is 11.8. The Morgan fingerprint density at radius 1 is 1.14 bits per heavy atom. The molecule has 6 rings (SSSR count). The summed E-state index contributed by atoms with van der Waals surface area (Å²) in [5.41, 5.74) is 3.15. The number of aryl methyl sites for hydroxylation is 1. The number of carbonyl (C=O) groups excluding carboxylic acids is 2. The number of nitrogens with one attached hydrogen (secondary N) is 2. The summed E-state index contributed by atoms with van der Waals surface area (Å²) in [6.07, 6.45) is 3.85. The van der Waals surface area contributed by atoms with Gasteiger partial charge in [-0.3, -0.25) is 9.69 Å². The lowest BCUT2D eigenvalue weighted by Crippen LogP contribution is -2.35. The van der Waals surface area contributed by atoms with Crippen molar-refractivity contribution in [2.45, 2.75) is 26.3 Å². The van der Waals surface area contributed by atoms with E-state index in [1.54, 1.807) is 13.0 Å². The van der Waals surface area contributed by atoms with E-state index in [9.17, 15) is 14.0 Å². The minimum atomic E-state index is -0.479. The van der Waals surface area contributed by atoms with Crippen LogP contribution >= 0.6 is 11.3 Å². The molecule has 36 heavy (non-hydrogen) atoms. The van der Waals surface area contributed by atoms with Crippen LogP contribution in [0.1, 0.15) is 33.6 Å². The van der Waals surface area contributed by atoms with Gasteiger partial charge in [-0.05, 0) is 74.3 Å². The van der Waals surface area contributed by atoms with Gasteiger partial charge in [-0.1, -0.05) is 12.1 Å². The molecule has 8 nitrogen and oxygen atoms in total. The van der Waals surface area contributed by atoms with Crippen LogP contribution in [0.5, 0.6) is 0 Å². The van der Waals surface area contributed by atoms with Crippen molar-refractivity contribution in [3.05, 3.63) is 70.6 Å². The Bertz CT molecular complexity index is 1500. The molecule has 0 spiro atoms. The monoisotopic (exact) mass is 502 g/mol. The van der Waals surface area contributed by atoms with Gasteiger partial charge in [-0.25, -0.2) is 24.1 Å². The Hall–Kier alpha value is -3.89. The fourth-order valence-corrected chi connectivity index (χ4v) is 5.70. The molecule has 1 fully saturated rings. The van der Waals surface area contributed by atoms with Gasteiger partial charge >= 0.3 is 6.03 Å². The van der Waals surface area contributed by atoms with E-state index < -0.39 is 6.03 Å². The molecule has 182 valence electrons. The second kappa shape index (κ2) is 8.96. The average molecular weight is 503 g/mol. The first-order valence-corrected chi connectivity index (χ1v) is 12.6. The van der Waals surface area contributed by atoms with E-state index in [1.807, 2.05) is 24.3 Å². The van der Waals surface area contributed by atoms with Gasteiger partial charge in [-0.15, -0.1) is 11.3 Å². The number of likely N-dealkylation sites (tertiary alicyclic amines) is 1. The lowest BCUT2D eigenvalue weighted by Gasteiger charge is -2.27. The lowest BCUT2D eigenvalue weighted by atomic mass is 10.1. The van der Waals surface area contributed by atoms with Crippen LogP contribution in [0.15, 0.2) is 48.8 Å². The van der Waals surface area contributed by atoms with Crippen molar-refractivity contribution >= 4 is 56.4 Å². The molecule has 2 N–H and O–H groups in total. The van der Waals surface area contributed by atoms with E-state index in [-0.39, 0.29) is 11.7 Å². The van der Waals surface area contributed by atoms with Gasteiger partial charge in [0.2, 0.25) is 0 Å². The van der Waals surface area contributed by atoms with Gasteiger partial charge in [0, 0.05) is 12.2 Å². The number of aromatic nitrogens is 2. The summed E-state index contributed by atoms with van der Waals surface area (Å²) in [7, 11) is 0. The molecule has 0 aliphatic carbocycles. The van der Waals surface area contributed by atoms with Crippen LogP contribution in [0.4, 0.5) is 32.1 Å². The summed E-state index contributed by atoms with van der Waals surface area (Å²) in [4.78, 5) is 39.7. The molecule has 4 heterocycles.